The van der Waals surface area contributed by atoms with Crippen LogP contribution in [-0.2, 0) is 19.6 Å². The predicted molar refractivity (Wildman–Crippen MR) is 107 cm³/mol. The monoisotopic (exact) mass is 410 g/mol. The maximum absolute atomic E-state index is 13.0. The Morgan fingerprint density at radius 3 is 2.64 bits per heavy atom. The molecular formula is C20H30N2O5S. The quantitative estimate of drug-likeness (QED) is 0.697. The van der Waals surface area contributed by atoms with Crippen molar-refractivity contribution < 1.29 is 22.7 Å². The third-order valence-electron chi connectivity index (χ3n) is 4.82. The number of nitrogens with zero attached hydrogens (tertiary/aromatic N) is 1. The Hall–Kier alpha value is -1.93. The van der Waals surface area contributed by atoms with Crippen LogP contribution in [0.15, 0.2) is 23.1 Å². The number of benzene rings is 1. The van der Waals surface area contributed by atoms with Gasteiger partial charge in [-0.15, -0.1) is 0 Å². The van der Waals surface area contributed by atoms with Gasteiger partial charge in [-0.2, -0.15) is 4.31 Å². The number of sulfonamides is 1. The lowest BCUT2D eigenvalue weighted by Crippen LogP contribution is -2.42. The fourth-order valence-corrected chi connectivity index (χ4v) is 4.85. The minimum Gasteiger partial charge on any atom is -0.452 e. The average molecular weight is 411 g/mol. The first-order chi connectivity index (χ1) is 13.1. The summed E-state index contributed by atoms with van der Waals surface area (Å²) in [5.41, 5.74) is 0.751. The molecular weight excluding hydrogens is 380 g/mol. The van der Waals surface area contributed by atoms with E-state index in [4.69, 9.17) is 4.74 Å². The van der Waals surface area contributed by atoms with E-state index in [2.05, 4.69) is 5.32 Å². The molecule has 1 saturated heterocycles. The number of carbonyl (C=O) groups is 2. The molecule has 0 bridgehead atoms. The first kappa shape index (κ1) is 22.4. The number of hydrogen-bond donors (Lipinski definition) is 1. The highest BCUT2D eigenvalue weighted by molar-refractivity contribution is 7.89. The van der Waals surface area contributed by atoms with E-state index in [-0.39, 0.29) is 22.4 Å². The molecule has 0 aromatic heterocycles. The molecule has 8 heteroatoms. The molecule has 1 aliphatic rings. The zero-order chi connectivity index (χ0) is 20.9. The summed E-state index contributed by atoms with van der Waals surface area (Å²) < 4.78 is 32.6. The molecule has 1 aliphatic heterocycles. The summed E-state index contributed by atoms with van der Waals surface area (Å²) in [6, 6.07) is 4.38. The van der Waals surface area contributed by atoms with Crippen molar-refractivity contribution in [3.63, 3.8) is 0 Å². The minimum atomic E-state index is -3.69. The highest BCUT2D eigenvalue weighted by Crippen LogP contribution is 2.26. The van der Waals surface area contributed by atoms with Gasteiger partial charge >= 0.3 is 5.97 Å². The molecule has 156 valence electrons. The smallest absolute Gasteiger partial charge is 0.338 e. The normalized spacial score (nSPS) is 18.1. The van der Waals surface area contributed by atoms with Gasteiger partial charge in [0, 0.05) is 19.1 Å². The molecule has 1 aromatic rings. The molecule has 0 radical (unpaired) electrons. The number of nitrogens with one attached hydrogen (secondary N) is 1. The van der Waals surface area contributed by atoms with Crippen LogP contribution in [-0.4, -0.2) is 50.3 Å². The lowest BCUT2D eigenvalue weighted by molar-refractivity contribution is -0.124. The summed E-state index contributed by atoms with van der Waals surface area (Å²) in [6.07, 6.45) is 2.67. The van der Waals surface area contributed by atoms with Gasteiger partial charge in [0.15, 0.2) is 6.61 Å². The maximum atomic E-state index is 13.0. The van der Waals surface area contributed by atoms with E-state index in [0.717, 1.165) is 19.3 Å². The molecule has 1 unspecified atom stereocenters. The molecule has 1 heterocycles. The van der Waals surface area contributed by atoms with Crippen molar-refractivity contribution in [2.45, 2.75) is 57.9 Å². The van der Waals surface area contributed by atoms with E-state index >= 15 is 0 Å². The second-order valence-corrected chi connectivity index (χ2v) is 9.60. The Morgan fingerprint density at radius 2 is 2.00 bits per heavy atom. The van der Waals surface area contributed by atoms with Crippen LogP contribution >= 0.6 is 0 Å². The largest absolute Gasteiger partial charge is 0.452 e. The van der Waals surface area contributed by atoms with Crippen LogP contribution in [0.5, 0.6) is 0 Å². The number of amides is 1. The standard InChI is InChI=1S/C20H30N2O5S/c1-14(2)12-21-19(23)13-27-20(24)18-11-17(9-8-15(18)3)28(25,26)22-10-6-5-7-16(22)4/h8-9,11,14,16H,5-7,10,12-13H2,1-4H3,(H,21,23). The molecule has 1 N–H and O–H groups in total. The number of piperidine rings is 1. The van der Waals surface area contributed by atoms with Crippen LogP contribution < -0.4 is 5.32 Å². The van der Waals surface area contributed by atoms with Crippen molar-refractivity contribution in [1.82, 2.24) is 9.62 Å². The predicted octanol–water partition coefficient (Wildman–Crippen LogP) is 2.49. The minimum absolute atomic E-state index is 0.0693. The summed E-state index contributed by atoms with van der Waals surface area (Å²) in [7, 11) is -3.69. The van der Waals surface area contributed by atoms with Crippen molar-refractivity contribution in [1.29, 1.82) is 0 Å². The van der Waals surface area contributed by atoms with Crippen LogP contribution in [0, 0.1) is 12.8 Å². The number of ether oxygens (including phenoxy) is 1. The van der Waals surface area contributed by atoms with Crippen LogP contribution in [0.1, 0.15) is 56.0 Å². The van der Waals surface area contributed by atoms with Gasteiger partial charge in [0.1, 0.15) is 0 Å². The van der Waals surface area contributed by atoms with Crippen LogP contribution in [0.3, 0.4) is 0 Å². The molecule has 2 rings (SSSR count). The van der Waals surface area contributed by atoms with E-state index < -0.39 is 22.6 Å². The third kappa shape index (κ3) is 5.54. The number of carbonyl (C=O) groups excluding carboxylic acids is 2. The van der Waals surface area contributed by atoms with E-state index in [1.54, 1.807) is 13.0 Å². The van der Waals surface area contributed by atoms with E-state index in [1.807, 2.05) is 20.8 Å². The zero-order valence-electron chi connectivity index (χ0n) is 17.0. The molecule has 0 saturated carbocycles. The van der Waals surface area contributed by atoms with Gasteiger partial charge in [0.25, 0.3) is 5.91 Å². The molecule has 1 aromatic carbocycles. The fraction of sp³-hybridized carbons (Fsp3) is 0.600. The molecule has 0 spiro atoms. The van der Waals surface area contributed by atoms with Gasteiger partial charge in [0.2, 0.25) is 10.0 Å². The van der Waals surface area contributed by atoms with Gasteiger partial charge < -0.3 is 10.1 Å². The molecule has 0 aliphatic carbocycles. The Bertz CT molecular complexity index is 820. The number of aryl methyl sites for hydroxylation is 1. The molecule has 28 heavy (non-hydrogen) atoms. The topological polar surface area (TPSA) is 92.8 Å². The highest BCUT2D eigenvalue weighted by Gasteiger charge is 2.31. The van der Waals surface area contributed by atoms with Crippen molar-refractivity contribution in [3.8, 4) is 0 Å². The number of rotatable bonds is 7. The van der Waals surface area contributed by atoms with Crippen molar-refractivity contribution in [3.05, 3.63) is 29.3 Å². The van der Waals surface area contributed by atoms with Crippen molar-refractivity contribution in [2.24, 2.45) is 5.92 Å². The van der Waals surface area contributed by atoms with E-state index in [9.17, 15) is 18.0 Å². The van der Waals surface area contributed by atoms with Gasteiger partial charge in [-0.05, 0) is 50.3 Å². The first-order valence-electron chi connectivity index (χ1n) is 9.69. The fourth-order valence-electron chi connectivity index (χ4n) is 3.12. The second kappa shape index (κ2) is 9.52. The summed E-state index contributed by atoms with van der Waals surface area (Å²) in [4.78, 5) is 24.2. The van der Waals surface area contributed by atoms with Gasteiger partial charge in [0.05, 0.1) is 10.5 Å². The van der Waals surface area contributed by atoms with Crippen LogP contribution in [0.25, 0.3) is 0 Å². The second-order valence-electron chi connectivity index (χ2n) is 7.71. The molecule has 1 amide bonds. The van der Waals surface area contributed by atoms with E-state index in [1.165, 1.54) is 16.4 Å². The van der Waals surface area contributed by atoms with Crippen LogP contribution in [0.2, 0.25) is 0 Å². The maximum Gasteiger partial charge on any atom is 0.338 e. The first-order valence-corrected chi connectivity index (χ1v) is 11.1. The van der Waals surface area contributed by atoms with Gasteiger partial charge in [-0.25, -0.2) is 13.2 Å². The molecule has 7 nitrogen and oxygen atoms in total. The van der Waals surface area contributed by atoms with Crippen molar-refractivity contribution in [2.75, 3.05) is 19.7 Å². The Balaban J connectivity index is 2.14. The Labute approximate surface area is 167 Å². The third-order valence-corrected chi connectivity index (χ3v) is 6.83. The Morgan fingerprint density at radius 1 is 1.29 bits per heavy atom. The number of hydrogen-bond acceptors (Lipinski definition) is 5. The highest BCUT2D eigenvalue weighted by atomic mass is 32.2. The summed E-state index contributed by atoms with van der Waals surface area (Å²) >= 11 is 0. The lowest BCUT2D eigenvalue weighted by Gasteiger charge is -2.32. The van der Waals surface area contributed by atoms with Gasteiger partial charge in [-0.3, -0.25) is 4.79 Å². The van der Waals surface area contributed by atoms with Gasteiger partial charge in [-0.1, -0.05) is 26.3 Å². The van der Waals surface area contributed by atoms with Crippen LogP contribution in [0.4, 0.5) is 0 Å². The SMILES string of the molecule is Cc1ccc(S(=O)(=O)N2CCCCC2C)cc1C(=O)OCC(=O)NCC(C)C. The van der Waals surface area contributed by atoms with Crippen molar-refractivity contribution >= 4 is 21.9 Å². The van der Waals surface area contributed by atoms with E-state index in [0.29, 0.717) is 24.6 Å². The molecule has 1 fully saturated rings. The molecule has 1 atom stereocenters. The summed E-state index contributed by atoms with van der Waals surface area (Å²) in [6.45, 7) is 8.11. The number of esters is 1. The average Bonchev–Trinajstić information content (AvgIpc) is 2.64. The summed E-state index contributed by atoms with van der Waals surface area (Å²) in [5, 5.41) is 2.67. The summed E-state index contributed by atoms with van der Waals surface area (Å²) in [5.74, 6) is -0.799. The lowest BCUT2D eigenvalue weighted by atomic mass is 10.1. The Kier molecular flexibility index (Phi) is 7.60. The zero-order valence-corrected chi connectivity index (χ0v) is 17.8.